The first-order chi connectivity index (χ1) is 21.8. The van der Waals surface area contributed by atoms with Crippen molar-refractivity contribution < 1.29 is 18.7 Å². The summed E-state index contributed by atoms with van der Waals surface area (Å²) in [4.78, 5) is 31.7. The Morgan fingerprint density at radius 3 is 2.49 bits per heavy atom. The molecule has 1 amide bonds. The highest BCUT2D eigenvalue weighted by molar-refractivity contribution is 7.15. The van der Waals surface area contributed by atoms with E-state index in [2.05, 4.69) is 29.4 Å². The molecule has 1 N–H and O–H groups in total. The van der Waals surface area contributed by atoms with Gasteiger partial charge in [0, 0.05) is 27.1 Å². The number of fused-ring (bicyclic) bond motifs is 4. The number of aryl methyl sites for hydroxylation is 2. The summed E-state index contributed by atoms with van der Waals surface area (Å²) in [6, 6.07) is 24.6. The molecule has 0 unspecified atom stereocenters. The number of nitrogens with zero attached hydrogens (tertiary/aromatic N) is 4. The SMILES string of the molecule is COC(=O)C[C@@H]1N=C(c2ccc(-c3cccc(NC(=O)c4cc5ccccc5o4)c3)cc2)c2c(sc(C)c2C)-n2c(C)nnc21. The first-order valence-electron chi connectivity index (χ1n) is 14.5. The molecular formula is C35H29N5O4S. The maximum absolute atomic E-state index is 12.9. The number of hydrogen-bond acceptors (Lipinski definition) is 8. The summed E-state index contributed by atoms with van der Waals surface area (Å²) in [6.45, 7) is 6.10. The topological polar surface area (TPSA) is 112 Å². The van der Waals surface area contributed by atoms with Crippen molar-refractivity contribution >= 4 is 45.6 Å². The van der Waals surface area contributed by atoms with E-state index in [0.717, 1.165) is 49.7 Å². The van der Waals surface area contributed by atoms with E-state index in [9.17, 15) is 9.59 Å². The molecule has 4 heterocycles. The molecule has 1 aliphatic rings. The number of aromatic nitrogens is 3. The summed E-state index contributed by atoms with van der Waals surface area (Å²) in [5, 5.41) is 13.6. The van der Waals surface area contributed by atoms with Crippen molar-refractivity contribution in [3.8, 4) is 16.1 Å². The average molecular weight is 616 g/mol. The lowest BCUT2D eigenvalue weighted by Crippen LogP contribution is -2.12. The molecule has 3 aromatic heterocycles. The fourth-order valence-corrected chi connectivity index (χ4v) is 6.86. The van der Waals surface area contributed by atoms with Gasteiger partial charge in [-0.2, -0.15) is 0 Å². The highest BCUT2D eigenvalue weighted by Crippen LogP contribution is 2.40. The van der Waals surface area contributed by atoms with Crippen molar-refractivity contribution in [3.05, 3.63) is 118 Å². The smallest absolute Gasteiger partial charge is 0.308 e. The van der Waals surface area contributed by atoms with Gasteiger partial charge in [-0.25, -0.2) is 0 Å². The van der Waals surface area contributed by atoms with Crippen molar-refractivity contribution in [2.45, 2.75) is 33.2 Å². The Kier molecular flexibility index (Phi) is 7.13. The number of furan rings is 1. The number of carbonyl (C=O) groups is 2. The van der Waals surface area contributed by atoms with Crippen LogP contribution in [0.2, 0.25) is 0 Å². The third-order valence-electron chi connectivity index (χ3n) is 8.09. The Morgan fingerprint density at radius 1 is 0.933 bits per heavy atom. The standard InChI is InChI=1S/C35H29N5O4S/c1-19-20(2)45-35-31(19)32(37-27(18-30(41)43-4)33-39-38-21(3)40(33)35)23-14-12-22(13-15-23)24-9-7-10-26(16-24)36-34(42)29-17-25-8-5-6-11-28(25)44-29/h5-17,27H,18H2,1-4H3,(H,36,42)/t27-/m0/s1. The van der Waals surface area contributed by atoms with Gasteiger partial charge in [-0.1, -0.05) is 54.6 Å². The number of benzene rings is 3. The lowest BCUT2D eigenvalue weighted by molar-refractivity contribution is -0.141. The van der Waals surface area contributed by atoms with Crippen LogP contribution in [0.1, 0.15) is 56.2 Å². The summed E-state index contributed by atoms with van der Waals surface area (Å²) in [5.74, 6) is 0.937. The molecule has 0 radical (unpaired) electrons. The van der Waals surface area contributed by atoms with Gasteiger partial charge in [-0.05, 0) is 61.7 Å². The molecule has 1 atom stereocenters. The Balaban J connectivity index is 1.21. The van der Waals surface area contributed by atoms with Crippen LogP contribution in [0, 0.1) is 20.8 Å². The van der Waals surface area contributed by atoms with E-state index in [1.165, 1.54) is 12.0 Å². The first-order valence-corrected chi connectivity index (χ1v) is 15.3. The Bertz CT molecular complexity index is 2100. The fraction of sp³-hybridized carbons (Fsp3) is 0.171. The highest BCUT2D eigenvalue weighted by Gasteiger charge is 2.32. The second-order valence-corrected chi connectivity index (χ2v) is 12.1. The molecule has 3 aromatic carbocycles. The number of esters is 1. The van der Waals surface area contributed by atoms with Gasteiger partial charge in [-0.15, -0.1) is 21.5 Å². The summed E-state index contributed by atoms with van der Waals surface area (Å²) >= 11 is 1.67. The van der Waals surface area contributed by atoms with Gasteiger partial charge in [0.2, 0.25) is 0 Å². The number of rotatable bonds is 6. The molecule has 7 rings (SSSR count). The summed E-state index contributed by atoms with van der Waals surface area (Å²) in [6.07, 6.45) is 0.0513. The molecule has 10 heteroatoms. The summed E-state index contributed by atoms with van der Waals surface area (Å²) < 4.78 is 12.7. The Hall–Kier alpha value is -5.35. The van der Waals surface area contributed by atoms with E-state index < -0.39 is 6.04 Å². The zero-order chi connectivity index (χ0) is 31.2. The van der Waals surface area contributed by atoms with Crippen molar-refractivity contribution in [2.24, 2.45) is 4.99 Å². The fourth-order valence-electron chi connectivity index (χ4n) is 5.65. The van der Waals surface area contributed by atoms with E-state index in [1.54, 1.807) is 17.4 Å². The molecule has 224 valence electrons. The van der Waals surface area contributed by atoms with Gasteiger partial charge < -0.3 is 14.5 Å². The minimum Gasteiger partial charge on any atom is -0.469 e. The molecule has 9 nitrogen and oxygen atoms in total. The maximum Gasteiger partial charge on any atom is 0.308 e. The van der Waals surface area contributed by atoms with Gasteiger partial charge >= 0.3 is 5.97 Å². The second kappa shape index (κ2) is 11.3. The van der Waals surface area contributed by atoms with Crippen LogP contribution < -0.4 is 5.32 Å². The minimum absolute atomic E-state index is 0.0513. The maximum atomic E-state index is 12.9. The number of amides is 1. The van der Waals surface area contributed by atoms with Crippen LogP contribution in [0.4, 0.5) is 5.69 Å². The van der Waals surface area contributed by atoms with Gasteiger partial charge in [-0.3, -0.25) is 19.1 Å². The highest BCUT2D eigenvalue weighted by atomic mass is 32.1. The summed E-state index contributed by atoms with van der Waals surface area (Å²) in [5.41, 5.74) is 7.10. The number of carbonyl (C=O) groups excluding carboxylic acids is 2. The molecule has 45 heavy (non-hydrogen) atoms. The molecular weight excluding hydrogens is 586 g/mol. The number of nitrogens with one attached hydrogen (secondary N) is 1. The van der Waals surface area contributed by atoms with Crippen molar-refractivity contribution in [2.75, 3.05) is 12.4 Å². The Morgan fingerprint density at radius 2 is 1.71 bits per heavy atom. The van der Waals surface area contributed by atoms with Gasteiger partial charge in [0.1, 0.15) is 22.5 Å². The van der Waals surface area contributed by atoms with Crippen LogP contribution in [0.15, 0.2) is 88.3 Å². The number of aliphatic imine (C=N–C) groups is 1. The monoisotopic (exact) mass is 615 g/mol. The first kappa shape index (κ1) is 28.4. The number of thiophene rings is 1. The van der Waals surface area contributed by atoms with Gasteiger partial charge in [0.15, 0.2) is 11.6 Å². The predicted octanol–water partition coefficient (Wildman–Crippen LogP) is 7.37. The van der Waals surface area contributed by atoms with Crippen LogP contribution in [0.25, 0.3) is 27.1 Å². The molecule has 1 aliphatic heterocycles. The zero-order valence-electron chi connectivity index (χ0n) is 25.1. The number of ether oxygens (including phenoxy) is 1. The molecule has 0 aliphatic carbocycles. The predicted molar refractivity (Wildman–Crippen MR) is 175 cm³/mol. The van der Waals surface area contributed by atoms with E-state index in [-0.39, 0.29) is 24.1 Å². The number of anilines is 1. The van der Waals surface area contributed by atoms with Crippen LogP contribution in [0.3, 0.4) is 0 Å². The molecule has 0 saturated heterocycles. The summed E-state index contributed by atoms with van der Waals surface area (Å²) in [7, 11) is 1.38. The van der Waals surface area contributed by atoms with Crippen LogP contribution in [-0.4, -0.2) is 39.5 Å². The second-order valence-electron chi connectivity index (χ2n) is 10.9. The van der Waals surface area contributed by atoms with Gasteiger partial charge in [0.25, 0.3) is 5.91 Å². The van der Waals surface area contributed by atoms with Crippen LogP contribution in [-0.2, 0) is 9.53 Å². The van der Waals surface area contributed by atoms with Crippen molar-refractivity contribution in [1.29, 1.82) is 0 Å². The molecule has 6 aromatic rings. The lowest BCUT2D eigenvalue weighted by Gasteiger charge is -2.12. The van der Waals surface area contributed by atoms with Gasteiger partial charge in [0.05, 0.1) is 19.2 Å². The van der Waals surface area contributed by atoms with Crippen LogP contribution in [0.5, 0.6) is 0 Å². The number of methoxy groups -OCH3 is 1. The third-order valence-corrected chi connectivity index (χ3v) is 9.28. The quantitative estimate of drug-likeness (QED) is 0.196. The van der Waals surface area contributed by atoms with E-state index >= 15 is 0 Å². The zero-order valence-corrected chi connectivity index (χ0v) is 25.9. The molecule has 0 bridgehead atoms. The largest absolute Gasteiger partial charge is 0.469 e. The van der Waals surface area contributed by atoms with Crippen molar-refractivity contribution in [1.82, 2.24) is 14.8 Å². The molecule has 0 spiro atoms. The minimum atomic E-state index is -0.556. The Labute approximate surface area is 263 Å². The van der Waals surface area contributed by atoms with E-state index in [1.807, 2.05) is 84.3 Å². The van der Waals surface area contributed by atoms with E-state index in [4.69, 9.17) is 14.1 Å². The number of hydrogen-bond donors (Lipinski definition) is 1. The lowest BCUT2D eigenvalue weighted by atomic mass is 9.97. The average Bonchev–Trinajstić information content (AvgIpc) is 3.72. The molecule has 0 saturated carbocycles. The normalized spacial score (nSPS) is 14.0. The molecule has 0 fully saturated rings. The third kappa shape index (κ3) is 5.12. The van der Waals surface area contributed by atoms with Crippen molar-refractivity contribution in [3.63, 3.8) is 0 Å². The van der Waals surface area contributed by atoms with Crippen LogP contribution >= 0.6 is 11.3 Å². The van der Waals surface area contributed by atoms with E-state index in [0.29, 0.717) is 17.1 Å². The number of para-hydroxylation sites is 1.